The maximum Gasteiger partial charge on any atom is 0.383 e. The number of aliphatic hydroxyl groups excluding tert-OH is 3. The van der Waals surface area contributed by atoms with Crippen LogP contribution in [0.15, 0.2) is 0 Å². The molecule has 260 valence electrons. The molecule has 0 amide bonds. The van der Waals surface area contributed by atoms with Crippen molar-refractivity contribution in [2.45, 2.75) is 36.6 Å². The number of hydrogen-bond acceptors (Lipinski definition) is 13. The van der Waals surface area contributed by atoms with Gasteiger partial charge in [-0.3, -0.25) is 9.47 Å². The Balaban J connectivity index is 4.08. The van der Waals surface area contributed by atoms with Gasteiger partial charge in [-0.2, -0.15) is 35.1 Å². The van der Waals surface area contributed by atoms with Gasteiger partial charge < -0.3 is 53.2 Å². The van der Waals surface area contributed by atoms with Gasteiger partial charge in [-0.05, 0) is 0 Å². The second kappa shape index (κ2) is 22.4. The van der Waals surface area contributed by atoms with Crippen molar-refractivity contribution in [1.29, 1.82) is 0 Å². The van der Waals surface area contributed by atoms with E-state index in [0.717, 1.165) is 0 Å². The van der Waals surface area contributed by atoms with Gasteiger partial charge in [-0.15, -0.1) is 0 Å². The molecule has 0 saturated heterocycles. The van der Waals surface area contributed by atoms with Crippen molar-refractivity contribution in [2.24, 2.45) is 0 Å². The predicted molar refractivity (Wildman–Crippen MR) is 124 cm³/mol. The molecule has 0 heterocycles. The fraction of sp³-hybridized carbons (Fsp3) is 1.00. The lowest BCUT2D eigenvalue weighted by atomic mass is 10.4. The standard InChI is InChI=1S/C22H38F8O13/c1-34-4-5-37-12-19(23,24)42-20(25,26)13-39-10-18(33)11-40-14-21(27,28)43-22(29,30)15-41-16-38-7-6-36-9-17(32)8-35-3-2-31/h17-18,31-33H,2-16H2,1H3. The Morgan fingerprint density at radius 2 is 0.860 bits per heavy atom. The van der Waals surface area contributed by atoms with E-state index in [-0.39, 0.29) is 52.9 Å². The normalized spacial score (nSPS) is 14.8. The van der Waals surface area contributed by atoms with E-state index in [0.29, 0.717) is 0 Å². The van der Waals surface area contributed by atoms with Crippen LogP contribution in [0.25, 0.3) is 0 Å². The first kappa shape index (κ1) is 41.9. The Morgan fingerprint density at radius 3 is 1.33 bits per heavy atom. The summed E-state index contributed by atoms with van der Waals surface area (Å²) in [5, 5.41) is 27.5. The molecule has 0 aromatic carbocycles. The first-order valence-electron chi connectivity index (χ1n) is 12.4. The zero-order valence-electron chi connectivity index (χ0n) is 23.2. The van der Waals surface area contributed by atoms with Gasteiger partial charge in [0.25, 0.3) is 0 Å². The molecule has 0 saturated carbocycles. The van der Waals surface area contributed by atoms with Crippen LogP contribution in [0.5, 0.6) is 0 Å². The van der Waals surface area contributed by atoms with Crippen LogP contribution < -0.4 is 0 Å². The predicted octanol–water partition coefficient (Wildman–Crippen LogP) is 0.825. The number of alkyl halides is 8. The third-order valence-electron chi connectivity index (χ3n) is 4.12. The van der Waals surface area contributed by atoms with Crippen molar-refractivity contribution in [3.8, 4) is 0 Å². The summed E-state index contributed by atoms with van der Waals surface area (Å²) < 4.78 is 152. The third kappa shape index (κ3) is 25.9. The fourth-order valence-electron chi connectivity index (χ4n) is 2.51. The van der Waals surface area contributed by atoms with E-state index in [4.69, 9.17) is 19.3 Å². The molecule has 13 nitrogen and oxygen atoms in total. The van der Waals surface area contributed by atoms with Crippen LogP contribution in [-0.2, 0) is 47.4 Å². The Kier molecular flexibility index (Phi) is 21.9. The van der Waals surface area contributed by atoms with Crippen molar-refractivity contribution in [1.82, 2.24) is 0 Å². The lowest BCUT2D eigenvalue weighted by Crippen LogP contribution is -2.41. The molecule has 0 aromatic rings. The van der Waals surface area contributed by atoms with Crippen molar-refractivity contribution < 1.29 is 97.8 Å². The van der Waals surface area contributed by atoms with Crippen LogP contribution in [0.2, 0.25) is 0 Å². The molecule has 0 rings (SSSR count). The van der Waals surface area contributed by atoms with Crippen LogP contribution in [0.1, 0.15) is 0 Å². The minimum Gasteiger partial charge on any atom is -0.394 e. The van der Waals surface area contributed by atoms with Crippen molar-refractivity contribution in [3.05, 3.63) is 0 Å². The van der Waals surface area contributed by atoms with Crippen molar-refractivity contribution in [2.75, 3.05) is 106 Å². The first-order valence-corrected chi connectivity index (χ1v) is 12.4. The Morgan fingerprint density at radius 1 is 0.488 bits per heavy atom. The summed E-state index contributed by atoms with van der Waals surface area (Å²) in [6, 6.07) is 0. The molecular formula is C22H38F8O13. The highest BCUT2D eigenvalue weighted by atomic mass is 19.3. The Hall–Kier alpha value is -1.08. The van der Waals surface area contributed by atoms with E-state index in [1.54, 1.807) is 0 Å². The molecule has 2 unspecified atom stereocenters. The lowest BCUT2D eigenvalue weighted by molar-refractivity contribution is -0.396. The maximum atomic E-state index is 13.7. The van der Waals surface area contributed by atoms with Crippen LogP contribution >= 0.6 is 0 Å². The van der Waals surface area contributed by atoms with Gasteiger partial charge in [0.05, 0.1) is 66.1 Å². The summed E-state index contributed by atoms with van der Waals surface area (Å²) in [6.07, 6.45) is -20.8. The minimum absolute atomic E-state index is 0.0368. The number of halogens is 8. The molecule has 0 aliphatic carbocycles. The molecule has 2 atom stereocenters. The first-order chi connectivity index (χ1) is 20.0. The molecule has 21 heteroatoms. The van der Waals surface area contributed by atoms with Crippen LogP contribution in [-0.4, -0.2) is 158 Å². The highest BCUT2D eigenvalue weighted by Gasteiger charge is 2.46. The highest BCUT2D eigenvalue weighted by Crippen LogP contribution is 2.29. The molecule has 0 fully saturated rings. The smallest absolute Gasteiger partial charge is 0.383 e. The van der Waals surface area contributed by atoms with E-state index in [2.05, 4.69) is 33.2 Å². The summed E-state index contributed by atoms with van der Waals surface area (Å²) in [5.41, 5.74) is 0. The van der Waals surface area contributed by atoms with Gasteiger partial charge in [-0.25, -0.2) is 0 Å². The fourth-order valence-corrected chi connectivity index (χ4v) is 2.51. The molecule has 3 N–H and O–H groups in total. The SMILES string of the molecule is COCCOCC(F)(F)OC(F)(F)COCC(O)COCC(F)(F)OC(F)(F)COCOCCOCC(O)COCCO. The Bertz CT molecular complexity index is 683. The monoisotopic (exact) mass is 662 g/mol. The number of hydrogen-bond donors (Lipinski definition) is 3. The molecule has 0 radical (unpaired) electrons. The summed E-state index contributed by atoms with van der Waals surface area (Å²) in [6.45, 7) is -10.5. The summed E-state index contributed by atoms with van der Waals surface area (Å²) >= 11 is 0. The largest absolute Gasteiger partial charge is 0.394 e. The van der Waals surface area contributed by atoms with Gasteiger partial charge in [0.1, 0.15) is 45.4 Å². The molecule has 0 bridgehead atoms. The van der Waals surface area contributed by atoms with Crippen LogP contribution in [0.4, 0.5) is 35.1 Å². The van der Waals surface area contributed by atoms with E-state index in [1.807, 2.05) is 0 Å². The molecule has 0 aromatic heterocycles. The average molecular weight is 663 g/mol. The zero-order valence-corrected chi connectivity index (χ0v) is 23.2. The van der Waals surface area contributed by atoms with E-state index in [1.165, 1.54) is 7.11 Å². The second-order valence-corrected chi connectivity index (χ2v) is 8.38. The average Bonchev–Trinajstić information content (AvgIpc) is 2.86. The van der Waals surface area contributed by atoms with Gasteiger partial charge >= 0.3 is 24.4 Å². The van der Waals surface area contributed by atoms with E-state index >= 15 is 0 Å². The molecular weight excluding hydrogens is 624 g/mol. The quantitative estimate of drug-likeness (QED) is 0.0566. The summed E-state index contributed by atoms with van der Waals surface area (Å²) in [5.74, 6) is 0. The van der Waals surface area contributed by atoms with Crippen LogP contribution in [0.3, 0.4) is 0 Å². The number of rotatable bonds is 30. The maximum absolute atomic E-state index is 13.7. The third-order valence-corrected chi connectivity index (χ3v) is 4.12. The van der Waals surface area contributed by atoms with Gasteiger partial charge in [-0.1, -0.05) is 0 Å². The summed E-state index contributed by atoms with van der Waals surface area (Å²) in [4.78, 5) is 0. The second-order valence-electron chi connectivity index (χ2n) is 8.38. The molecule has 0 aliphatic heterocycles. The molecule has 43 heavy (non-hydrogen) atoms. The van der Waals surface area contributed by atoms with Gasteiger partial charge in [0.2, 0.25) is 0 Å². The Labute approximate surface area is 241 Å². The number of ether oxygens (including phenoxy) is 10. The van der Waals surface area contributed by atoms with Crippen LogP contribution in [0, 0.1) is 0 Å². The topological polar surface area (TPSA) is 153 Å². The van der Waals surface area contributed by atoms with E-state index < -0.39 is 83.1 Å². The molecule has 0 aliphatic rings. The number of methoxy groups -OCH3 is 1. The number of aliphatic hydroxyl groups is 3. The van der Waals surface area contributed by atoms with Gasteiger partial charge in [0.15, 0.2) is 0 Å². The van der Waals surface area contributed by atoms with Gasteiger partial charge in [0, 0.05) is 7.11 Å². The van der Waals surface area contributed by atoms with Crippen molar-refractivity contribution in [3.63, 3.8) is 0 Å². The lowest BCUT2D eigenvalue weighted by Gasteiger charge is -2.24. The minimum atomic E-state index is -4.58. The van der Waals surface area contributed by atoms with Crippen molar-refractivity contribution >= 4 is 0 Å². The van der Waals surface area contributed by atoms with E-state index in [9.17, 15) is 45.3 Å². The highest BCUT2D eigenvalue weighted by molar-refractivity contribution is 4.62. The molecule has 0 spiro atoms. The zero-order chi connectivity index (χ0) is 32.8. The summed E-state index contributed by atoms with van der Waals surface area (Å²) in [7, 11) is 1.26.